The molecule has 2 bridgehead atoms. The maximum absolute atomic E-state index is 13.6. The van der Waals surface area contributed by atoms with Crippen molar-refractivity contribution >= 4 is 32.7 Å². The summed E-state index contributed by atoms with van der Waals surface area (Å²) in [6.07, 6.45) is 7.58. The van der Waals surface area contributed by atoms with Crippen molar-refractivity contribution in [2.45, 2.75) is 62.2 Å². The molecule has 0 radical (unpaired) electrons. The van der Waals surface area contributed by atoms with E-state index in [-0.39, 0.29) is 60.7 Å². The Hall–Kier alpha value is -3.71. The van der Waals surface area contributed by atoms with Crippen LogP contribution in [0, 0.1) is 11.8 Å². The second-order valence-corrected chi connectivity index (χ2v) is 14.3. The number of benzene rings is 2. The smallest absolute Gasteiger partial charge is 0.286 e. The lowest BCUT2D eigenvalue weighted by Gasteiger charge is -2.31. The summed E-state index contributed by atoms with van der Waals surface area (Å²) in [5.74, 6) is 1.11. The number of ether oxygens (including phenoxy) is 3. The molecule has 12 heteroatoms. The van der Waals surface area contributed by atoms with Gasteiger partial charge < -0.3 is 24.6 Å². The first-order valence-corrected chi connectivity index (χ1v) is 17.3. The topological polar surface area (TPSA) is 136 Å². The fraction of sp³-hybridized carbons (Fsp3) is 0.471. The number of aliphatic hydroxyl groups is 1. The molecule has 0 saturated heterocycles. The number of rotatable bonds is 12. The van der Waals surface area contributed by atoms with E-state index in [0.717, 1.165) is 40.0 Å². The molecule has 5 atom stereocenters. The van der Waals surface area contributed by atoms with Gasteiger partial charge in [-0.3, -0.25) is 14.2 Å². The number of sulfonamides is 1. The first kappa shape index (κ1) is 32.2. The number of carbonyl (C=O) groups excluding carboxylic acids is 2. The Morgan fingerprint density at radius 1 is 1.07 bits per heavy atom. The molecule has 2 saturated carbocycles. The van der Waals surface area contributed by atoms with Crippen LogP contribution < -0.4 is 10.1 Å². The first-order valence-electron chi connectivity index (χ1n) is 15.8. The lowest BCUT2D eigenvalue weighted by molar-refractivity contribution is -0.147. The molecular formula is C34H41N3O8S. The Morgan fingerprint density at radius 2 is 1.85 bits per heavy atom. The van der Waals surface area contributed by atoms with Crippen LogP contribution in [0.5, 0.6) is 5.75 Å². The van der Waals surface area contributed by atoms with E-state index in [9.17, 15) is 23.1 Å². The number of methoxy groups -OCH3 is 1. The number of hydrogen-bond acceptors (Lipinski definition) is 8. The molecule has 46 heavy (non-hydrogen) atoms. The predicted octanol–water partition coefficient (Wildman–Crippen LogP) is 4.03. The van der Waals surface area contributed by atoms with Crippen molar-refractivity contribution < 1.29 is 37.3 Å². The molecule has 3 aromatic rings. The number of nitrogens with zero attached hydrogens (tertiary/aromatic N) is 2. The summed E-state index contributed by atoms with van der Waals surface area (Å²) in [5.41, 5.74) is 1.65. The van der Waals surface area contributed by atoms with E-state index in [0.29, 0.717) is 24.0 Å². The van der Waals surface area contributed by atoms with Crippen molar-refractivity contribution in [3.05, 3.63) is 72.1 Å². The molecule has 6 rings (SSSR count). The van der Waals surface area contributed by atoms with Gasteiger partial charge in [0.05, 0.1) is 30.7 Å². The van der Waals surface area contributed by atoms with Crippen molar-refractivity contribution in [1.29, 1.82) is 0 Å². The lowest BCUT2D eigenvalue weighted by atomic mass is 9.92. The zero-order chi connectivity index (χ0) is 32.4. The third-order valence-corrected chi connectivity index (χ3v) is 11.4. The van der Waals surface area contributed by atoms with E-state index in [2.05, 4.69) is 5.32 Å². The van der Waals surface area contributed by atoms with Gasteiger partial charge in [0.2, 0.25) is 22.2 Å². The maximum atomic E-state index is 13.6. The van der Waals surface area contributed by atoms with E-state index in [1.807, 2.05) is 30.5 Å². The fourth-order valence-electron chi connectivity index (χ4n) is 7.20. The average molecular weight is 652 g/mol. The Morgan fingerprint density at radius 3 is 2.52 bits per heavy atom. The number of aliphatic hydroxyl groups excluding tert-OH is 1. The summed E-state index contributed by atoms with van der Waals surface area (Å²) in [6, 6.07) is 13.8. The van der Waals surface area contributed by atoms with Gasteiger partial charge in [0.25, 0.3) is 5.91 Å². The van der Waals surface area contributed by atoms with Crippen LogP contribution in [0.1, 0.15) is 55.3 Å². The van der Waals surface area contributed by atoms with Gasteiger partial charge >= 0.3 is 0 Å². The van der Waals surface area contributed by atoms with Crippen LogP contribution in [0.25, 0.3) is 10.9 Å². The zero-order valence-corrected chi connectivity index (χ0v) is 26.9. The Kier molecular flexibility index (Phi) is 9.51. The number of amides is 1. The van der Waals surface area contributed by atoms with Crippen molar-refractivity contribution in [2.24, 2.45) is 11.8 Å². The number of para-hydroxylation sites is 1. The van der Waals surface area contributed by atoms with Crippen molar-refractivity contribution in [3.8, 4) is 5.75 Å². The molecule has 3 unspecified atom stereocenters. The third kappa shape index (κ3) is 6.57. The fourth-order valence-corrected chi connectivity index (χ4v) is 8.62. The van der Waals surface area contributed by atoms with Crippen molar-refractivity contribution in [2.75, 3.05) is 33.4 Å². The van der Waals surface area contributed by atoms with Crippen LogP contribution in [0.2, 0.25) is 0 Å². The van der Waals surface area contributed by atoms with Crippen LogP contribution in [-0.2, 0) is 24.3 Å². The average Bonchev–Trinajstić information content (AvgIpc) is 3.79. The monoisotopic (exact) mass is 651 g/mol. The molecule has 1 aromatic heterocycles. The largest absolute Gasteiger partial charge is 0.497 e. The highest BCUT2D eigenvalue weighted by Gasteiger charge is 2.41. The summed E-state index contributed by atoms with van der Waals surface area (Å²) in [4.78, 5) is 26.1. The summed E-state index contributed by atoms with van der Waals surface area (Å²) in [7, 11) is -2.43. The van der Waals surface area contributed by atoms with Gasteiger partial charge in [-0.1, -0.05) is 24.6 Å². The summed E-state index contributed by atoms with van der Waals surface area (Å²) in [5, 5.41) is 13.7. The summed E-state index contributed by atoms with van der Waals surface area (Å²) < 4.78 is 46.9. The molecule has 2 heterocycles. The molecule has 2 N–H and O–H groups in total. The van der Waals surface area contributed by atoms with Gasteiger partial charge in [-0.15, -0.1) is 0 Å². The minimum absolute atomic E-state index is 0.0384. The van der Waals surface area contributed by atoms with Gasteiger partial charge in [0.1, 0.15) is 5.75 Å². The van der Waals surface area contributed by atoms with Gasteiger partial charge in [-0.05, 0) is 73.1 Å². The van der Waals surface area contributed by atoms with Gasteiger partial charge in [0.15, 0.2) is 5.76 Å². The minimum Gasteiger partial charge on any atom is -0.497 e. The Balaban J connectivity index is 1.21. The number of carbonyl (C=O) groups is 2. The number of allylic oxidation sites excluding steroid dienone is 1. The van der Waals surface area contributed by atoms with E-state index >= 15 is 0 Å². The van der Waals surface area contributed by atoms with Crippen LogP contribution in [0.3, 0.4) is 0 Å². The molecule has 2 aromatic carbocycles. The van der Waals surface area contributed by atoms with E-state index < -0.39 is 16.3 Å². The van der Waals surface area contributed by atoms with Gasteiger partial charge in [-0.2, -0.15) is 4.31 Å². The molecule has 2 aliphatic carbocycles. The number of nitrogens with one attached hydrogen (secondary N) is 1. The normalized spacial score (nSPS) is 24.2. The molecule has 1 aliphatic heterocycles. The summed E-state index contributed by atoms with van der Waals surface area (Å²) >= 11 is 0. The zero-order valence-electron chi connectivity index (χ0n) is 26.1. The second-order valence-electron chi connectivity index (χ2n) is 12.3. The molecular weight excluding hydrogens is 610 g/mol. The minimum atomic E-state index is -3.93. The SMILES string of the molecule is COc1ccc(S(=O)(=O)N(CCO)CCO[C@H]2C[C@@H](c3cn(C(C)=O)c4ccccc34)C=C(C(=O)NC3CC4CCC3C4)O2)cc1. The molecule has 0 spiro atoms. The van der Waals surface area contributed by atoms with E-state index in [1.165, 1.54) is 32.6 Å². The Bertz CT molecular complexity index is 1720. The lowest BCUT2D eigenvalue weighted by Crippen LogP contribution is -2.41. The molecule has 3 aliphatic rings. The highest BCUT2D eigenvalue weighted by atomic mass is 32.2. The van der Waals surface area contributed by atoms with Crippen molar-refractivity contribution in [1.82, 2.24) is 14.2 Å². The van der Waals surface area contributed by atoms with Gasteiger partial charge in [-0.25, -0.2) is 8.42 Å². The molecule has 2 fully saturated rings. The van der Waals surface area contributed by atoms with Crippen LogP contribution in [0.4, 0.5) is 0 Å². The number of aromatic nitrogens is 1. The third-order valence-electron chi connectivity index (χ3n) is 9.51. The summed E-state index contributed by atoms with van der Waals surface area (Å²) in [6.45, 7) is 0.943. The maximum Gasteiger partial charge on any atom is 0.286 e. The Labute approximate surface area is 269 Å². The quantitative estimate of drug-likeness (QED) is 0.300. The predicted molar refractivity (Wildman–Crippen MR) is 171 cm³/mol. The highest BCUT2D eigenvalue weighted by molar-refractivity contribution is 7.89. The number of fused-ring (bicyclic) bond motifs is 3. The van der Waals surface area contributed by atoms with Crippen LogP contribution in [0.15, 0.2) is 71.5 Å². The van der Waals surface area contributed by atoms with E-state index in [1.54, 1.807) is 22.8 Å². The van der Waals surface area contributed by atoms with Crippen LogP contribution >= 0.6 is 0 Å². The standard InChI is InChI=1S/C34H41N3O8S/c1-22(39)37-21-29(28-5-3-4-6-31(28)37)25-19-32(34(40)35-30-18-23-7-8-24(30)17-23)45-33(20-25)44-16-14-36(13-15-38)46(41,42)27-11-9-26(43-2)10-12-27/h3-6,9-12,19,21,23-25,30,33,38H,7-8,13-18,20H2,1-2H3,(H,35,40)/t23?,24?,25-,30?,33+/m0/s1. The highest BCUT2D eigenvalue weighted by Crippen LogP contribution is 2.45. The molecule has 11 nitrogen and oxygen atoms in total. The van der Waals surface area contributed by atoms with E-state index in [4.69, 9.17) is 14.2 Å². The van der Waals surface area contributed by atoms with Crippen molar-refractivity contribution in [3.63, 3.8) is 0 Å². The number of hydrogen-bond donors (Lipinski definition) is 2. The molecule has 1 amide bonds. The molecule has 246 valence electrons. The first-order chi connectivity index (χ1) is 22.2. The van der Waals surface area contributed by atoms with Gasteiger partial charge in [0, 0.05) is 50.0 Å². The second kappa shape index (κ2) is 13.6. The van der Waals surface area contributed by atoms with Crippen LogP contribution in [-0.4, -0.2) is 80.0 Å².